The Morgan fingerprint density at radius 1 is 1.18 bits per heavy atom. The largest absolute Gasteiger partial charge is 0.356 e. The van der Waals surface area contributed by atoms with Crippen LogP contribution in [0.5, 0.6) is 0 Å². The fourth-order valence-electron chi connectivity index (χ4n) is 3.10. The van der Waals surface area contributed by atoms with Crippen LogP contribution < -0.4 is 15.5 Å². The van der Waals surface area contributed by atoms with Gasteiger partial charge in [0.15, 0.2) is 5.96 Å². The van der Waals surface area contributed by atoms with Crippen LogP contribution in [-0.4, -0.2) is 73.7 Å². The van der Waals surface area contributed by atoms with E-state index >= 15 is 0 Å². The van der Waals surface area contributed by atoms with Crippen LogP contribution in [0.4, 0.5) is 5.95 Å². The molecule has 0 spiro atoms. The van der Waals surface area contributed by atoms with Gasteiger partial charge in [-0.25, -0.2) is 9.97 Å². The number of guanidine groups is 1. The van der Waals surface area contributed by atoms with Gasteiger partial charge in [0, 0.05) is 76.0 Å². The molecule has 154 valence electrons. The molecular weight excluding hydrogens is 485 g/mol. The van der Waals surface area contributed by atoms with Crippen molar-refractivity contribution in [3.8, 4) is 0 Å². The minimum Gasteiger partial charge on any atom is -0.356 e. The first-order valence-corrected chi connectivity index (χ1v) is 10.4. The normalized spacial score (nSPS) is 16.4. The number of halogens is 1. The maximum absolute atomic E-state index is 4.34. The first kappa shape index (κ1) is 22.8. The molecular formula is C19H30IN7S. The fourth-order valence-corrected chi connectivity index (χ4v) is 3.89. The third-order valence-electron chi connectivity index (χ3n) is 4.76. The van der Waals surface area contributed by atoms with E-state index in [4.69, 9.17) is 0 Å². The Morgan fingerprint density at radius 2 is 1.93 bits per heavy atom. The summed E-state index contributed by atoms with van der Waals surface area (Å²) in [6, 6.07) is 6.15. The zero-order valence-corrected chi connectivity index (χ0v) is 19.7. The number of thiophene rings is 1. The first-order valence-electron chi connectivity index (χ1n) is 9.48. The van der Waals surface area contributed by atoms with Crippen molar-refractivity contribution >= 4 is 47.2 Å². The number of nitrogens with zero attached hydrogens (tertiary/aromatic N) is 5. The van der Waals surface area contributed by atoms with Gasteiger partial charge in [-0.15, -0.1) is 35.3 Å². The highest BCUT2D eigenvalue weighted by Gasteiger charge is 2.18. The minimum absolute atomic E-state index is 0. The Balaban J connectivity index is 0.00000280. The van der Waals surface area contributed by atoms with Crippen LogP contribution in [0.1, 0.15) is 17.7 Å². The molecule has 1 atom stereocenters. The van der Waals surface area contributed by atoms with Crippen molar-refractivity contribution in [1.29, 1.82) is 0 Å². The SMILES string of the molecule is CN=C(NCCN1CCN(c2ncccn2)CC1)NCC(C)c1cccs1.I. The Bertz CT molecular complexity index is 688. The van der Waals surface area contributed by atoms with E-state index < -0.39 is 0 Å². The Labute approximate surface area is 188 Å². The number of nitrogens with one attached hydrogen (secondary N) is 2. The minimum atomic E-state index is 0. The molecule has 1 aliphatic rings. The molecule has 3 heterocycles. The van der Waals surface area contributed by atoms with Gasteiger partial charge in [0.1, 0.15) is 0 Å². The smallest absolute Gasteiger partial charge is 0.225 e. The lowest BCUT2D eigenvalue weighted by molar-refractivity contribution is 0.260. The van der Waals surface area contributed by atoms with Crippen LogP contribution in [0.2, 0.25) is 0 Å². The van der Waals surface area contributed by atoms with Gasteiger partial charge in [-0.2, -0.15) is 0 Å². The highest BCUT2D eigenvalue weighted by Crippen LogP contribution is 2.19. The average molecular weight is 515 g/mol. The molecule has 0 radical (unpaired) electrons. The van der Waals surface area contributed by atoms with E-state index in [0.29, 0.717) is 5.92 Å². The van der Waals surface area contributed by atoms with E-state index in [1.165, 1.54) is 4.88 Å². The van der Waals surface area contributed by atoms with Gasteiger partial charge in [0.2, 0.25) is 5.95 Å². The molecule has 2 N–H and O–H groups in total. The Morgan fingerprint density at radius 3 is 2.57 bits per heavy atom. The molecule has 1 fully saturated rings. The molecule has 1 saturated heterocycles. The van der Waals surface area contributed by atoms with Crippen molar-refractivity contribution in [2.24, 2.45) is 4.99 Å². The molecule has 9 heteroatoms. The average Bonchev–Trinajstić information content (AvgIpc) is 3.26. The topological polar surface area (TPSA) is 68.7 Å². The van der Waals surface area contributed by atoms with Crippen molar-refractivity contribution < 1.29 is 0 Å². The zero-order chi connectivity index (χ0) is 18.9. The molecule has 0 aromatic carbocycles. The molecule has 0 saturated carbocycles. The third kappa shape index (κ3) is 6.85. The van der Waals surface area contributed by atoms with Crippen molar-refractivity contribution in [2.75, 3.05) is 57.8 Å². The van der Waals surface area contributed by atoms with Gasteiger partial charge in [-0.05, 0) is 17.5 Å². The van der Waals surface area contributed by atoms with E-state index in [1.54, 1.807) is 23.7 Å². The second-order valence-electron chi connectivity index (χ2n) is 6.67. The second-order valence-corrected chi connectivity index (χ2v) is 7.65. The van der Waals surface area contributed by atoms with Crippen LogP contribution in [0.3, 0.4) is 0 Å². The summed E-state index contributed by atoms with van der Waals surface area (Å²) in [5.74, 6) is 2.19. The molecule has 0 aliphatic carbocycles. The molecule has 1 aliphatic heterocycles. The van der Waals surface area contributed by atoms with Gasteiger partial charge < -0.3 is 15.5 Å². The van der Waals surface area contributed by atoms with Gasteiger partial charge in [0.05, 0.1) is 0 Å². The highest BCUT2D eigenvalue weighted by molar-refractivity contribution is 14.0. The number of piperazine rings is 1. The summed E-state index contributed by atoms with van der Waals surface area (Å²) < 4.78 is 0. The molecule has 28 heavy (non-hydrogen) atoms. The van der Waals surface area contributed by atoms with E-state index in [2.05, 4.69) is 59.8 Å². The van der Waals surface area contributed by atoms with Crippen molar-refractivity contribution in [3.05, 3.63) is 40.8 Å². The van der Waals surface area contributed by atoms with Crippen molar-refractivity contribution in [2.45, 2.75) is 12.8 Å². The second kappa shape index (κ2) is 12.2. The van der Waals surface area contributed by atoms with E-state index in [-0.39, 0.29) is 24.0 Å². The first-order chi connectivity index (χ1) is 13.3. The van der Waals surface area contributed by atoms with Crippen LogP contribution in [0.25, 0.3) is 0 Å². The van der Waals surface area contributed by atoms with E-state index in [0.717, 1.165) is 57.7 Å². The number of hydrogen-bond donors (Lipinski definition) is 2. The summed E-state index contributed by atoms with van der Waals surface area (Å²) >= 11 is 1.81. The van der Waals surface area contributed by atoms with E-state index in [9.17, 15) is 0 Å². The lowest BCUT2D eigenvalue weighted by Crippen LogP contribution is -2.49. The predicted molar refractivity (Wildman–Crippen MR) is 128 cm³/mol. The molecule has 2 aromatic rings. The Hall–Kier alpha value is -1.46. The van der Waals surface area contributed by atoms with Gasteiger partial charge in [-0.1, -0.05) is 13.0 Å². The highest BCUT2D eigenvalue weighted by atomic mass is 127. The van der Waals surface area contributed by atoms with Crippen LogP contribution in [-0.2, 0) is 0 Å². The van der Waals surface area contributed by atoms with Crippen molar-refractivity contribution in [3.63, 3.8) is 0 Å². The third-order valence-corrected chi connectivity index (χ3v) is 5.86. The van der Waals surface area contributed by atoms with Crippen molar-refractivity contribution in [1.82, 2.24) is 25.5 Å². The maximum atomic E-state index is 4.34. The molecule has 0 amide bonds. The number of hydrogen-bond acceptors (Lipinski definition) is 6. The number of anilines is 1. The number of aliphatic imine (C=N–C) groups is 1. The standard InChI is InChI=1S/C19H29N7S.HI/c1-16(17-5-3-14-27-17)15-24-18(20-2)21-8-9-25-10-12-26(13-11-25)19-22-6-4-7-23-19;/h3-7,14,16H,8-13,15H2,1-2H3,(H2,20,21,24);1H. The maximum Gasteiger partial charge on any atom is 0.225 e. The molecule has 3 rings (SSSR count). The fraction of sp³-hybridized carbons (Fsp3) is 0.526. The summed E-state index contributed by atoms with van der Waals surface area (Å²) in [7, 11) is 1.82. The molecule has 0 bridgehead atoms. The number of rotatable bonds is 7. The van der Waals surface area contributed by atoms with E-state index in [1.807, 2.05) is 13.1 Å². The predicted octanol–water partition coefficient (Wildman–Crippen LogP) is 2.25. The summed E-state index contributed by atoms with van der Waals surface area (Å²) in [6.07, 6.45) is 3.60. The summed E-state index contributed by atoms with van der Waals surface area (Å²) in [6.45, 7) is 9.00. The van der Waals surface area contributed by atoms with Gasteiger partial charge >= 0.3 is 0 Å². The molecule has 7 nitrogen and oxygen atoms in total. The lowest BCUT2D eigenvalue weighted by Gasteiger charge is -2.34. The molecule has 1 unspecified atom stereocenters. The zero-order valence-electron chi connectivity index (χ0n) is 16.5. The molecule has 2 aromatic heterocycles. The Kier molecular flexibility index (Phi) is 9.93. The van der Waals surface area contributed by atoms with Crippen LogP contribution >= 0.6 is 35.3 Å². The number of aromatic nitrogens is 2. The quantitative estimate of drug-likeness (QED) is 0.335. The van der Waals surface area contributed by atoms with Crippen LogP contribution in [0, 0.1) is 0 Å². The lowest BCUT2D eigenvalue weighted by atomic mass is 10.1. The summed E-state index contributed by atoms with van der Waals surface area (Å²) in [5.41, 5.74) is 0. The van der Waals surface area contributed by atoms with Crippen LogP contribution in [0.15, 0.2) is 41.0 Å². The summed E-state index contributed by atoms with van der Waals surface area (Å²) in [5, 5.41) is 8.98. The van der Waals surface area contributed by atoms with Gasteiger partial charge in [-0.3, -0.25) is 9.89 Å². The summed E-state index contributed by atoms with van der Waals surface area (Å²) in [4.78, 5) is 19.1. The monoisotopic (exact) mass is 515 g/mol. The van der Waals surface area contributed by atoms with Gasteiger partial charge in [0.25, 0.3) is 0 Å².